The molecule has 0 aromatic carbocycles. The molecule has 4 heteroatoms. The highest BCUT2D eigenvalue weighted by Gasteiger charge is 2.14. The first-order valence-corrected chi connectivity index (χ1v) is 5.83. The van der Waals surface area contributed by atoms with Gasteiger partial charge in [0.1, 0.15) is 0 Å². The second-order valence-corrected chi connectivity index (χ2v) is 4.76. The molecule has 0 fully saturated rings. The average Bonchev–Trinajstić information content (AvgIpc) is 2.60. The van der Waals surface area contributed by atoms with Gasteiger partial charge in [-0.15, -0.1) is 0 Å². The van der Waals surface area contributed by atoms with E-state index in [9.17, 15) is 4.79 Å². The Labute approximate surface area is 98.4 Å². The maximum Gasteiger partial charge on any atom is 0.255 e. The molecule has 1 rings (SSSR count). The van der Waals surface area contributed by atoms with Crippen LogP contribution in [0.4, 0.5) is 0 Å². The van der Waals surface area contributed by atoms with Crippen LogP contribution in [-0.2, 0) is 0 Å². The van der Waals surface area contributed by atoms with Gasteiger partial charge in [0.05, 0.1) is 11.8 Å². The second kappa shape index (κ2) is 5.35. The molecule has 0 saturated heterocycles. The summed E-state index contributed by atoms with van der Waals surface area (Å²) in [6, 6.07) is 1.65. The van der Waals surface area contributed by atoms with Crippen molar-refractivity contribution in [1.82, 2.24) is 5.32 Å². The lowest BCUT2D eigenvalue weighted by Gasteiger charge is -2.15. The molecular weight excluding hydrogens is 258 g/mol. The standard InChI is InChI=1S/C11H16BrNO2/c1-7(2)8(3)6-13-11(14)9-4-5-15-10(9)12/h4-5,7-8H,6H2,1-3H3,(H,13,14). The smallest absolute Gasteiger partial charge is 0.255 e. The first-order chi connectivity index (χ1) is 7.02. The van der Waals surface area contributed by atoms with E-state index in [0.29, 0.717) is 28.6 Å². The van der Waals surface area contributed by atoms with Gasteiger partial charge in [-0.25, -0.2) is 0 Å². The molecule has 1 amide bonds. The number of amides is 1. The zero-order valence-electron chi connectivity index (χ0n) is 9.21. The van der Waals surface area contributed by atoms with E-state index in [-0.39, 0.29) is 5.91 Å². The molecule has 1 aromatic rings. The Bertz CT molecular complexity index is 333. The number of hydrogen-bond donors (Lipinski definition) is 1. The molecule has 1 unspecified atom stereocenters. The van der Waals surface area contributed by atoms with Crippen LogP contribution in [0.3, 0.4) is 0 Å². The zero-order valence-corrected chi connectivity index (χ0v) is 10.8. The fraction of sp³-hybridized carbons (Fsp3) is 0.545. The van der Waals surface area contributed by atoms with Crippen LogP contribution in [0.25, 0.3) is 0 Å². The summed E-state index contributed by atoms with van der Waals surface area (Å²) in [6.45, 7) is 7.10. The predicted molar refractivity (Wildman–Crippen MR) is 62.7 cm³/mol. The minimum Gasteiger partial charge on any atom is -0.457 e. The van der Waals surface area contributed by atoms with Crippen molar-refractivity contribution in [3.05, 3.63) is 22.6 Å². The Morgan fingerprint density at radius 1 is 1.53 bits per heavy atom. The molecule has 0 bridgehead atoms. The van der Waals surface area contributed by atoms with Crippen LogP contribution in [0, 0.1) is 11.8 Å². The number of carbonyl (C=O) groups is 1. The number of rotatable bonds is 4. The summed E-state index contributed by atoms with van der Waals surface area (Å²) in [5.41, 5.74) is 0.547. The molecule has 15 heavy (non-hydrogen) atoms. The van der Waals surface area contributed by atoms with Crippen molar-refractivity contribution in [2.24, 2.45) is 11.8 Å². The molecule has 1 aromatic heterocycles. The molecule has 1 heterocycles. The molecule has 1 N–H and O–H groups in total. The fourth-order valence-electron chi connectivity index (χ4n) is 1.04. The lowest BCUT2D eigenvalue weighted by Crippen LogP contribution is -2.30. The Morgan fingerprint density at radius 3 is 2.67 bits per heavy atom. The maximum atomic E-state index is 11.7. The van der Waals surface area contributed by atoms with Crippen LogP contribution in [0.1, 0.15) is 31.1 Å². The lowest BCUT2D eigenvalue weighted by atomic mass is 9.98. The molecule has 3 nitrogen and oxygen atoms in total. The third-order valence-corrected chi connectivity index (χ3v) is 3.20. The van der Waals surface area contributed by atoms with Crippen molar-refractivity contribution < 1.29 is 9.21 Å². The number of carbonyl (C=O) groups excluding carboxylic acids is 1. The van der Waals surface area contributed by atoms with Crippen molar-refractivity contribution in [2.75, 3.05) is 6.54 Å². The van der Waals surface area contributed by atoms with E-state index in [4.69, 9.17) is 4.42 Å². The van der Waals surface area contributed by atoms with Crippen LogP contribution in [0.5, 0.6) is 0 Å². The predicted octanol–water partition coefficient (Wildman–Crippen LogP) is 3.06. The highest BCUT2D eigenvalue weighted by atomic mass is 79.9. The summed E-state index contributed by atoms with van der Waals surface area (Å²) in [5.74, 6) is 0.945. The maximum absolute atomic E-state index is 11.7. The van der Waals surface area contributed by atoms with Crippen molar-refractivity contribution in [3.8, 4) is 0 Å². The van der Waals surface area contributed by atoms with E-state index in [2.05, 4.69) is 42.0 Å². The number of hydrogen-bond acceptors (Lipinski definition) is 2. The second-order valence-electron chi connectivity index (χ2n) is 4.04. The number of nitrogens with one attached hydrogen (secondary N) is 1. The summed E-state index contributed by atoms with van der Waals surface area (Å²) in [7, 11) is 0. The zero-order chi connectivity index (χ0) is 11.4. The van der Waals surface area contributed by atoms with Gasteiger partial charge in [0.25, 0.3) is 5.91 Å². The highest BCUT2D eigenvalue weighted by Crippen LogP contribution is 2.17. The molecule has 1 atom stereocenters. The van der Waals surface area contributed by atoms with Gasteiger partial charge in [0.2, 0.25) is 0 Å². The quantitative estimate of drug-likeness (QED) is 0.916. The molecule has 84 valence electrons. The van der Waals surface area contributed by atoms with Gasteiger partial charge in [-0.3, -0.25) is 4.79 Å². The SMILES string of the molecule is CC(C)C(C)CNC(=O)c1ccoc1Br. The largest absolute Gasteiger partial charge is 0.457 e. The molecule has 0 aliphatic rings. The summed E-state index contributed by atoms with van der Waals surface area (Å²) in [6.07, 6.45) is 1.49. The Morgan fingerprint density at radius 2 is 2.20 bits per heavy atom. The molecular formula is C11H16BrNO2. The van der Waals surface area contributed by atoms with E-state index < -0.39 is 0 Å². The first kappa shape index (κ1) is 12.3. The van der Waals surface area contributed by atoms with E-state index in [1.165, 1.54) is 6.26 Å². The summed E-state index contributed by atoms with van der Waals surface area (Å²) in [4.78, 5) is 11.7. The van der Waals surface area contributed by atoms with Crippen molar-refractivity contribution in [1.29, 1.82) is 0 Å². The normalized spacial score (nSPS) is 12.9. The van der Waals surface area contributed by atoms with Gasteiger partial charge in [0.15, 0.2) is 4.67 Å². The van der Waals surface area contributed by atoms with Gasteiger partial charge in [-0.2, -0.15) is 0 Å². The van der Waals surface area contributed by atoms with Crippen LogP contribution in [0.2, 0.25) is 0 Å². The summed E-state index contributed by atoms with van der Waals surface area (Å²) < 4.78 is 5.48. The first-order valence-electron chi connectivity index (χ1n) is 5.03. The van der Waals surface area contributed by atoms with E-state index in [1.54, 1.807) is 6.07 Å². The molecule has 0 spiro atoms. The minimum atomic E-state index is -0.0943. The van der Waals surface area contributed by atoms with Crippen LogP contribution >= 0.6 is 15.9 Å². The van der Waals surface area contributed by atoms with Crippen molar-refractivity contribution in [3.63, 3.8) is 0 Å². The van der Waals surface area contributed by atoms with Gasteiger partial charge < -0.3 is 9.73 Å². The summed E-state index contributed by atoms with van der Waals surface area (Å²) in [5, 5.41) is 2.88. The van der Waals surface area contributed by atoms with E-state index in [1.807, 2.05) is 0 Å². The molecule has 0 saturated carbocycles. The molecule has 0 radical (unpaired) electrons. The monoisotopic (exact) mass is 273 g/mol. The van der Waals surface area contributed by atoms with Crippen molar-refractivity contribution >= 4 is 21.8 Å². The molecule has 0 aliphatic heterocycles. The Kier molecular flexibility index (Phi) is 4.39. The van der Waals surface area contributed by atoms with Crippen LogP contribution in [-0.4, -0.2) is 12.5 Å². The lowest BCUT2D eigenvalue weighted by molar-refractivity contribution is 0.0943. The minimum absolute atomic E-state index is 0.0943. The number of halogens is 1. The van der Waals surface area contributed by atoms with E-state index >= 15 is 0 Å². The number of furan rings is 1. The third-order valence-electron chi connectivity index (χ3n) is 2.59. The van der Waals surface area contributed by atoms with Gasteiger partial charge >= 0.3 is 0 Å². The van der Waals surface area contributed by atoms with Gasteiger partial charge in [-0.1, -0.05) is 20.8 Å². The van der Waals surface area contributed by atoms with E-state index in [0.717, 1.165) is 0 Å². The van der Waals surface area contributed by atoms with Crippen LogP contribution in [0.15, 0.2) is 21.4 Å². The van der Waals surface area contributed by atoms with Crippen LogP contribution < -0.4 is 5.32 Å². The Hall–Kier alpha value is -0.770. The molecule has 0 aliphatic carbocycles. The third kappa shape index (κ3) is 3.38. The average molecular weight is 274 g/mol. The Balaban J connectivity index is 2.47. The highest BCUT2D eigenvalue weighted by molar-refractivity contribution is 9.10. The van der Waals surface area contributed by atoms with Gasteiger partial charge in [-0.05, 0) is 33.8 Å². The fourth-order valence-corrected chi connectivity index (χ4v) is 1.46. The van der Waals surface area contributed by atoms with Crippen molar-refractivity contribution in [2.45, 2.75) is 20.8 Å². The topological polar surface area (TPSA) is 42.2 Å². The van der Waals surface area contributed by atoms with Gasteiger partial charge in [0, 0.05) is 6.54 Å². The summed E-state index contributed by atoms with van der Waals surface area (Å²) >= 11 is 3.18.